The molecule has 0 unspecified atom stereocenters. The second-order valence-electron chi connectivity index (χ2n) is 11.9. The fourth-order valence-corrected chi connectivity index (χ4v) is 6.51. The van der Waals surface area contributed by atoms with Gasteiger partial charge in [0.25, 0.3) is 0 Å². The molecule has 12 heteroatoms. The number of aliphatic imine (C=N–C) groups is 2. The van der Waals surface area contributed by atoms with Gasteiger partial charge in [0.05, 0.1) is 46.6 Å². The van der Waals surface area contributed by atoms with Crippen molar-refractivity contribution >= 4 is 74.0 Å². The van der Waals surface area contributed by atoms with Gasteiger partial charge in [0.1, 0.15) is 11.4 Å². The minimum absolute atomic E-state index is 0.0943. The van der Waals surface area contributed by atoms with Crippen LogP contribution in [-0.4, -0.2) is 66.7 Å². The zero-order chi connectivity index (χ0) is 36.7. The van der Waals surface area contributed by atoms with Gasteiger partial charge in [0.2, 0.25) is 35.1 Å². The highest BCUT2D eigenvalue weighted by Gasteiger charge is 2.33. The van der Waals surface area contributed by atoms with E-state index in [0.717, 1.165) is 4.57 Å². The van der Waals surface area contributed by atoms with Gasteiger partial charge in [-0.15, -0.1) is 0 Å². The van der Waals surface area contributed by atoms with E-state index in [0.29, 0.717) is 49.9 Å². The lowest BCUT2D eigenvalue weighted by Gasteiger charge is -2.06. The average Bonchev–Trinajstić information content (AvgIpc) is 3.84. The van der Waals surface area contributed by atoms with E-state index in [1.165, 1.54) is 11.5 Å². The lowest BCUT2D eigenvalue weighted by Crippen LogP contribution is -2.14. The van der Waals surface area contributed by atoms with Crippen molar-refractivity contribution in [3.8, 4) is 11.8 Å². The maximum atomic E-state index is 12.9. The van der Waals surface area contributed by atoms with E-state index in [2.05, 4.69) is 9.98 Å². The van der Waals surface area contributed by atoms with Crippen LogP contribution in [0, 0.1) is 0 Å². The second-order valence-corrected chi connectivity index (χ2v) is 11.9. The quantitative estimate of drug-likeness (QED) is 0.176. The molecule has 0 spiro atoms. The van der Waals surface area contributed by atoms with E-state index >= 15 is 0 Å². The molecule has 4 aromatic carbocycles. The standard InChI is InChI=1S/C22H18N2O5.C18H12N2O3/c1-2-29-18(26)12-11-17(25)24-16-10-6-4-8-14(16)19(22(24)28)20-21(27)13-7-3-5-9-15(13)23-20;1-10(21)20-14-9-5-3-7-12(14)15(18(20)23)16-17(22)11-6-2-4-8-13(11)19-16/h3-10,28H,2,11-12H2,1H3;2-9,23H,1H3. The molecule has 0 aliphatic carbocycles. The third-order valence-electron chi connectivity index (χ3n) is 8.78. The van der Waals surface area contributed by atoms with Gasteiger partial charge in [-0.1, -0.05) is 60.7 Å². The Hall–Kier alpha value is -6.95. The molecule has 6 aromatic rings. The Kier molecular flexibility index (Phi) is 8.64. The van der Waals surface area contributed by atoms with Gasteiger partial charge in [0.15, 0.2) is 0 Å². The van der Waals surface area contributed by atoms with Crippen LogP contribution in [0.4, 0.5) is 11.4 Å². The minimum Gasteiger partial charge on any atom is -0.494 e. The Balaban J connectivity index is 0.000000166. The summed E-state index contributed by atoms with van der Waals surface area (Å²) in [5, 5.41) is 22.6. The molecule has 0 radical (unpaired) electrons. The number of rotatable bonds is 6. The molecule has 0 saturated carbocycles. The summed E-state index contributed by atoms with van der Waals surface area (Å²) in [5.74, 6) is -2.45. The third kappa shape index (κ3) is 5.56. The van der Waals surface area contributed by atoms with Crippen molar-refractivity contribution in [3.63, 3.8) is 0 Å². The highest BCUT2D eigenvalue weighted by atomic mass is 16.5. The van der Waals surface area contributed by atoms with Gasteiger partial charge in [-0.2, -0.15) is 0 Å². The van der Waals surface area contributed by atoms with Crippen molar-refractivity contribution in [2.24, 2.45) is 9.98 Å². The Morgan fingerprint density at radius 1 is 0.635 bits per heavy atom. The van der Waals surface area contributed by atoms with Crippen molar-refractivity contribution < 1.29 is 38.9 Å². The van der Waals surface area contributed by atoms with Gasteiger partial charge in [-0.05, 0) is 43.3 Å². The number of ether oxygens (including phenoxy) is 1. The molecular formula is C40H30N4O8. The van der Waals surface area contributed by atoms with Gasteiger partial charge in [-0.25, -0.2) is 14.6 Å². The zero-order valence-corrected chi connectivity index (χ0v) is 28.0. The topological polar surface area (TPSA) is 170 Å². The number of aromatic nitrogens is 2. The van der Waals surface area contributed by atoms with Crippen LogP contribution in [0.2, 0.25) is 0 Å². The number of carbonyl (C=O) groups excluding carboxylic acids is 5. The summed E-state index contributed by atoms with van der Waals surface area (Å²) in [6.07, 6.45) is -0.232. The Morgan fingerprint density at radius 2 is 1.08 bits per heavy atom. The van der Waals surface area contributed by atoms with Crippen LogP contribution < -0.4 is 0 Å². The Labute approximate surface area is 295 Å². The van der Waals surface area contributed by atoms with E-state index < -0.39 is 11.9 Å². The molecule has 0 bridgehead atoms. The molecule has 2 N–H and O–H groups in total. The number of hydrogen-bond acceptors (Lipinski definition) is 10. The van der Waals surface area contributed by atoms with Crippen LogP contribution in [0.3, 0.4) is 0 Å². The first-order valence-electron chi connectivity index (χ1n) is 16.4. The van der Waals surface area contributed by atoms with Crippen LogP contribution in [0.1, 0.15) is 68.1 Å². The number of Topliss-reactive ketones (excluding diaryl/α,β-unsaturated/α-hetero) is 2. The molecule has 2 aliphatic rings. The van der Waals surface area contributed by atoms with Gasteiger partial charge in [-0.3, -0.25) is 28.5 Å². The van der Waals surface area contributed by atoms with E-state index in [4.69, 9.17) is 4.74 Å². The Bertz CT molecular complexity index is 2570. The summed E-state index contributed by atoms with van der Waals surface area (Å²) in [5.41, 5.74) is 3.83. The molecule has 258 valence electrons. The molecule has 2 aromatic heterocycles. The SMILES string of the molecule is CC(=O)n1c(O)c(C2=Nc3ccccc3C2=O)c2ccccc21.CCOC(=O)CCC(=O)n1c(O)c(C2=Nc3ccccc3C2=O)c2ccccc21. The number of benzene rings is 4. The summed E-state index contributed by atoms with van der Waals surface area (Å²) < 4.78 is 7.18. The zero-order valence-electron chi connectivity index (χ0n) is 28.0. The van der Waals surface area contributed by atoms with Crippen LogP contribution >= 0.6 is 0 Å². The molecule has 8 rings (SSSR count). The normalized spacial score (nSPS) is 13.0. The summed E-state index contributed by atoms with van der Waals surface area (Å²) in [6, 6.07) is 27.9. The monoisotopic (exact) mass is 694 g/mol. The molecule has 12 nitrogen and oxygen atoms in total. The first-order valence-corrected chi connectivity index (χ1v) is 16.4. The lowest BCUT2D eigenvalue weighted by molar-refractivity contribution is -0.143. The fraction of sp³-hybridized carbons (Fsp3) is 0.125. The highest BCUT2D eigenvalue weighted by molar-refractivity contribution is 6.57. The number of hydrogen-bond donors (Lipinski definition) is 2. The lowest BCUT2D eigenvalue weighted by atomic mass is 10.0. The number of ketones is 2. The van der Waals surface area contributed by atoms with Crippen molar-refractivity contribution in [3.05, 3.63) is 119 Å². The first kappa shape index (κ1) is 33.5. The van der Waals surface area contributed by atoms with E-state index in [9.17, 15) is 34.2 Å². The van der Waals surface area contributed by atoms with Crippen LogP contribution in [0.25, 0.3) is 21.8 Å². The van der Waals surface area contributed by atoms with Crippen LogP contribution in [0.15, 0.2) is 107 Å². The number of esters is 1. The maximum Gasteiger partial charge on any atom is 0.306 e. The molecule has 0 fully saturated rings. The highest BCUT2D eigenvalue weighted by Crippen LogP contribution is 2.39. The van der Waals surface area contributed by atoms with Crippen molar-refractivity contribution in [1.29, 1.82) is 0 Å². The summed E-state index contributed by atoms with van der Waals surface area (Å²) in [6.45, 7) is 3.29. The van der Waals surface area contributed by atoms with Gasteiger partial charge in [0, 0.05) is 35.2 Å². The molecule has 52 heavy (non-hydrogen) atoms. The fourth-order valence-electron chi connectivity index (χ4n) is 6.51. The largest absolute Gasteiger partial charge is 0.494 e. The number of nitrogens with zero attached hydrogens (tertiary/aromatic N) is 4. The number of para-hydroxylation sites is 4. The summed E-state index contributed by atoms with van der Waals surface area (Å²) >= 11 is 0. The van der Waals surface area contributed by atoms with Crippen molar-refractivity contribution in [1.82, 2.24) is 9.13 Å². The minimum atomic E-state index is -0.483. The van der Waals surface area contributed by atoms with Gasteiger partial charge < -0.3 is 14.9 Å². The molecule has 0 atom stereocenters. The molecule has 0 amide bonds. The third-order valence-corrected chi connectivity index (χ3v) is 8.78. The van der Waals surface area contributed by atoms with E-state index in [1.807, 2.05) is 0 Å². The molecular weight excluding hydrogens is 664 g/mol. The Morgan fingerprint density at radius 3 is 1.56 bits per heavy atom. The molecule has 4 heterocycles. The van der Waals surface area contributed by atoms with Crippen LogP contribution in [0.5, 0.6) is 11.8 Å². The number of fused-ring (bicyclic) bond motifs is 4. The summed E-state index contributed by atoms with van der Waals surface area (Å²) in [4.78, 5) is 70.5. The molecule has 2 aliphatic heterocycles. The summed E-state index contributed by atoms with van der Waals surface area (Å²) in [7, 11) is 0. The van der Waals surface area contributed by atoms with E-state index in [1.54, 1.807) is 104 Å². The number of aromatic hydroxyl groups is 2. The second kappa shape index (κ2) is 13.4. The van der Waals surface area contributed by atoms with Gasteiger partial charge >= 0.3 is 5.97 Å². The predicted molar refractivity (Wildman–Crippen MR) is 194 cm³/mol. The maximum absolute atomic E-state index is 12.9. The smallest absolute Gasteiger partial charge is 0.306 e. The van der Waals surface area contributed by atoms with Crippen molar-refractivity contribution in [2.75, 3.05) is 6.61 Å². The first-order chi connectivity index (χ1) is 25.1. The average molecular weight is 695 g/mol. The predicted octanol–water partition coefficient (Wildman–Crippen LogP) is 6.97. The van der Waals surface area contributed by atoms with Crippen molar-refractivity contribution in [2.45, 2.75) is 26.7 Å². The van der Waals surface area contributed by atoms with Crippen LogP contribution in [-0.2, 0) is 9.53 Å². The number of carbonyl (C=O) groups is 5. The molecule has 0 saturated heterocycles. The van der Waals surface area contributed by atoms with E-state index in [-0.39, 0.29) is 65.7 Å².